The number of aromatic amines is 1. The molecule has 3 rings (SSSR count). The number of aromatic nitrogens is 2. The van der Waals surface area contributed by atoms with Crippen molar-refractivity contribution in [2.45, 2.75) is 25.7 Å². The predicted octanol–water partition coefficient (Wildman–Crippen LogP) is 4.01. The molecule has 28 heavy (non-hydrogen) atoms. The fourth-order valence-corrected chi connectivity index (χ4v) is 2.96. The molecule has 0 fully saturated rings. The summed E-state index contributed by atoms with van der Waals surface area (Å²) in [5.41, 5.74) is 2.75. The molecule has 0 unspecified atom stereocenters. The van der Waals surface area contributed by atoms with Crippen molar-refractivity contribution < 1.29 is 4.39 Å². The van der Waals surface area contributed by atoms with Gasteiger partial charge in [-0.15, -0.1) is 24.0 Å². The van der Waals surface area contributed by atoms with E-state index in [0.717, 1.165) is 34.8 Å². The molecule has 1 heterocycles. The van der Waals surface area contributed by atoms with Gasteiger partial charge in [-0.1, -0.05) is 38.1 Å². The van der Waals surface area contributed by atoms with Crippen LogP contribution in [-0.2, 0) is 11.8 Å². The number of imidazole rings is 1. The van der Waals surface area contributed by atoms with Gasteiger partial charge in [0.15, 0.2) is 5.96 Å². The van der Waals surface area contributed by atoms with Gasteiger partial charge in [0, 0.05) is 32.0 Å². The van der Waals surface area contributed by atoms with E-state index in [1.54, 1.807) is 19.2 Å². The lowest BCUT2D eigenvalue weighted by Crippen LogP contribution is -2.44. The van der Waals surface area contributed by atoms with Crippen molar-refractivity contribution in [1.82, 2.24) is 20.6 Å². The maximum absolute atomic E-state index is 13.5. The van der Waals surface area contributed by atoms with Crippen LogP contribution in [0.4, 0.5) is 4.39 Å². The topological polar surface area (TPSA) is 65.1 Å². The fraction of sp³-hybridized carbons (Fsp3) is 0.333. The van der Waals surface area contributed by atoms with Gasteiger partial charge in [0.1, 0.15) is 11.6 Å². The van der Waals surface area contributed by atoms with E-state index in [-0.39, 0.29) is 35.2 Å². The van der Waals surface area contributed by atoms with Gasteiger partial charge in [-0.05, 0) is 29.8 Å². The van der Waals surface area contributed by atoms with Crippen LogP contribution in [0, 0.1) is 5.82 Å². The molecule has 3 aromatic rings. The zero-order chi connectivity index (χ0) is 19.3. The lowest BCUT2D eigenvalue weighted by molar-refractivity contribution is 0.503. The molecule has 0 aliphatic carbocycles. The highest BCUT2D eigenvalue weighted by Crippen LogP contribution is 2.22. The second-order valence-electron chi connectivity index (χ2n) is 7.20. The van der Waals surface area contributed by atoms with Crippen LogP contribution < -0.4 is 10.6 Å². The number of aliphatic imine (C=N–C) groups is 1. The largest absolute Gasteiger partial charge is 0.356 e. The molecule has 0 amide bonds. The van der Waals surface area contributed by atoms with E-state index in [9.17, 15) is 4.39 Å². The zero-order valence-corrected chi connectivity index (χ0v) is 18.8. The highest BCUT2D eigenvalue weighted by molar-refractivity contribution is 14.0. The Bertz CT molecular complexity index is 902. The third-order valence-electron chi connectivity index (χ3n) is 4.62. The molecule has 5 nitrogen and oxygen atoms in total. The molecule has 0 saturated carbocycles. The van der Waals surface area contributed by atoms with Crippen LogP contribution in [0.3, 0.4) is 0 Å². The average Bonchev–Trinajstić information content (AvgIpc) is 3.07. The first-order valence-electron chi connectivity index (χ1n) is 9.12. The second-order valence-corrected chi connectivity index (χ2v) is 7.20. The summed E-state index contributed by atoms with van der Waals surface area (Å²) in [6.07, 6.45) is 0.767. The summed E-state index contributed by atoms with van der Waals surface area (Å²) >= 11 is 0. The van der Waals surface area contributed by atoms with Crippen molar-refractivity contribution in [2.24, 2.45) is 4.99 Å². The summed E-state index contributed by atoms with van der Waals surface area (Å²) in [5.74, 6) is 1.45. The first kappa shape index (κ1) is 22.1. The van der Waals surface area contributed by atoms with E-state index in [2.05, 4.69) is 39.4 Å². The van der Waals surface area contributed by atoms with Crippen LogP contribution >= 0.6 is 24.0 Å². The number of fused-ring (bicyclic) bond motifs is 1. The third kappa shape index (κ3) is 5.67. The van der Waals surface area contributed by atoms with E-state index >= 15 is 0 Å². The normalized spacial score (nSPS) is 11.9. The fourth-order valence-electron chi connectivity index (χ4n) is 2.96. The van der Waals surface area contributed by atoms with Crippen molar-refractivity contribution in [1.29, 1.82) is 0 Å². The summed E-state index contributed by atoms with van der Waals surface area (Å²) in [4.78, 5) is 12.2. The van der Waals surface area contributed by atoms with Gasteiger partial charge in [0.05, 0.1) is 11.0 Å². The quantitative estimate of drug-likeness (QED) is 0.275. The van der Waals surface area contributed by atoms with Crippen LogP contribution in [0.2, 0.25) is 0 Å². The molecule has 0 atom stereocenters. The van der Waals surface area contributed by atoms with Gasteiger partial charge in [-0.25, -0.2) is 9.37 Å². The Morgan fingerprint density at radius 3 is 2.64 bits per heavy atom. The second kappa shape index (κ2) is 9.86. The average molecular weight is 495 g/mol. The van der Waals surface area contributed by atoms with Crippen LogP contribution in [-0.4, -0.2) is 36.1 Å². The molecule has 7 heteroatoms. The van der Waals surface area contributed by atoms with Gasteiger partial charge >= 0.3 is 0 Å². The number of halogens is 2. The minimum atomic E-state index is -0.224. The monoisotopic (exact) mass is 495 g/mol. The summed E-state index contributed by atoms with van der Waals surface area (Å²) in [6, 6.07) is 14.7. The molecule has 0 aliphatic rings. The van der Waals surface area contributed by atoms with Crippen LogP contribution in [0.15, 0.2) is 53.5 Å². The maximum atomic E-state index is 13.5. The summed E-state index contributed by atoms with van der Waals surface area (Å²) < 4.78 is 13.5. The van der Waals surface area contributed by atoms with Crippen molar-refractivity contribution in [3.63, 3.8) is 0 Å². The molecule has 2 aromatic carbocycles. The first-order chi connectivity index (χ1) is 13.0. The molecule has 3 N–H and O–H groups in total. The van der Waals surface area contributed by atoms with Gasteiger partial charge in [-0.2, -0.15) is 0 Å². The predicted molar refractivity (Wildman–Crippen MR) is 124 cm³/mol. The van der Waals surface area contributed by atoms with E-state index in [1.807, 2.05) is 30.3 Å². The van der Waals surface area contributed by atoms with Gasteiger partial charge < -0.3 is 15.6 Å². The Labute approximate surface area is 182 Å². The molecule has 0 spiro atoms. The SMILES string of the molecule is CN=C(NCCc1nc2ccccc2[nH]1)NCC(C)(C)c1cccc(F)c1.I. The summed E-state index contributed by atoms with van der Waals surface area (Å²) in [6.45, 7) is 5.51. The molecule has 0 aliphatic heterocycles. The van der Waals surface area contributed by atoms with Gasteiger partial charge in [0.25, 0.3) is 0 Å². The molecular formula is C21H27FIN5. The van der Waals surface area contributed by atoms with E-state index in [1.165, 1.54) is 6.07 Å². The summed E-state index contributed by atoms with van der Waals surface area (Å²) in [7, 11) is 1.74. The van der Waals surface area contributed by atoms with Gasteiger partial charge in [0.2, 0.25) is 0 Å². The Morgan fingerprint density at radius 2 is 1.93 bits per heavy atom. The van der Waals surface area contributed by atoms with Gasteiger partial charge in [-0.3, -0.25) is 4.99 Å². The molecule has 0 saturated heterocycles. The van der Waals surface area contributed by atoms with Crippen LogP contribution in [0.25, 0.3) is 11.0 Å². The van der Waals surface area contributed by atoms with Crippen molar-refractivity contribution in [3.05, 3.63) is 65.7 Å². The third-order valence-corrected chi connectivity index (χ3v) is 4.62. The standard InChI is InChI=1S/C21H26FN5.HI/c1-21(2,15-7-6-8-16(22)13-15)14-25-20(23-3)24-12-11-19-26-17-9-4-5-10-18(17)27-19;/h4-10,13H,11-12,14H2,1-3H3,(H,26,27)(H2,23,24,25);1H. The zero-order valence-electron chi connectivity index (χ0n) is 16.4. The molecule has 0 bridgehead atoms. The highest BCUT2D eigenvalue weighted by Gasteiger charge is 2.21. The van der Waals surface area contributed by atoms with E-state index in [0.29, 0.717) is 13.1 Å². The lowest BCUT2D eigenvalue weighted by Gasteiger charge is -2.26. The number of guanidine groups is 1. The Hall–Kier alpha value is -2.16. The Kier molecular flexibility index (Phi) is 7.79. The van der Waals surface area contributed by atoms with Crippen molar-refractivity contribution in [3.8, 4) is 0 Å². The number of hydrogen-bond acceptors (Lipinski definition) is 2. The number of benzene rings is 2. The number of rotatable bonds is 6. The Morgan fingerprint density at radius 1 is 1.14 bits per heavy atom. The molecular weight excluding hydrogens is 468 g/mol. The Balaban J connectivity index is 0.00000280. The number of nitrogens with zero attached hydrogens (tertiary/aromatic N) is 2. The number of nitrogens with one attached hydrogen (secondary N) is 3. The van der Waals surface area contributed by atoms with E-state index < -0.39 is 0 Å². The maximum Gasteiger partial charge on any atom is 0.191 e. The molecule has 1 aromatic heterocycles. The number of hydrogen-bond donors (Lipinski definition) is 3. The minimum Gasteiger partial charge on any atom is -0.356 e. The molecule has 150 valence electrons. The molecule has 0 radical (unpaired) electrons. The minimum absolute atomic E-state index is 0. The highest BCUT2D eigenvalue weighted by atomic mass is 127. The number of H-pyrrole nitrogens is 1. The first-order valence-corrected chi connectivity index (χ1v) is 9.12. The number of para-hydroxylation sites is 2. The van der Waals surface area contributed by atoms with E-state index in [4.69, 9.17) is 0 Å². The van der Waals surface area contributed by atoms with Crippen LogP contribution in [0.1, 0.15) is 25.2 Å². The summed E-state index contributed by atoms with van der Waals surface area (Å²) in [5, 5.41) is 6.63. The van der Waals surface area contributed by atoms with Crippen LogP contribution in [0.5, 0.6) is 0 Å². The van der Waals surface area contributed by atoms with Crippen molar-refractivity contribution >= 4 is 41.0 Å². The smallest absolute Gasteiger partial charge is 0.191 e. The van der Waals surface area contributed by atoms with Crippen molar-refractivity contribution in [2.75, 3.05) is 20.1 Å². The lowest BCUT2D eigenvalue weighted by atomic mass is 9.84.